The maximum absolute atomic E-state index is 12.8. The number of carbonyl (C=O) groups excluding carboxylic acids is 3. The van der Waals surface area contributed by atoms with E-state index in [1.807, 2.05) is 0 Å². The van der Waals surface area contributed by atoms with Gasteiger partial charge in [-0.2, -0.15) is 0 Å². The van der Waals surface area contributed by atoms with Crippen LogP contribution in [0.15, 0.2) is 18.2 Å². The van der Waals surface area contributed by atoms with E-state index < -0.39 is 6.04 Å². The number of amides is 3. The van der Waals surface area contributed by atoms with Gasteiger partial charge in [0.25, 0.3) is 5.91 Å². The Morgan fingerprint density at radius 3 is 2.54 bits per heavy atom. The monoisotopic (exact) mass is 400 g/mol. The summed E-state index contributed by atoms with van der Waals surface area (Å²) in [4.78, 5) is 40.9. The molecule has 0 spiro atoms. The van der Waals surface area contributed by atoms with Gasteiger partial charge in [-0.25, -0.2) is 9.69 Å². The van der Waals surface area contributed by atoms with Crippen LogP contribution in [0.4, 0.5) is 10.5 Å². The van der Waals surface area contributed by atoms with Gasteiger partial charge in [0.1, 0.15) is 0 Å². The SMILES string of the molecule is CCOC(=O)N1CC[NH+]([C@H]2CC(=O)N(c3ccc(Cl)c(Cl)c3)C2=O)CC1. The minimum Gasteiger partial charge on any atom is -0.450 e. The molecular weight excluding hydrogens is 381 g/mol. The molecule has 2 aliphatic rings. The van der Waals surface area contributed by atoms with Crippen molar-refractivity contribution in [3.05, 3.63) is 28.2 Å². The summed E-state index contributed by atoms with van der Waals surface area (Å²) in [6.07, 6.45) is -0.189. The Labute approximate surface area is 161 Å². The zero-order valence-electron chi connectivity index (χ0n) is 14.3. The zero-order valence-corrected chi connectivity index (χ0v) is 15.8. The number of hydrogen-bond donors (Lipinski definition) is 1. The van der Waals surface area contributed by atoms with Crippen LogP contribution >= 0.6 is 23.2 Å². The first-order valence-electron chi connectivity index (χ1n) is 8.50. The lowest BCUT2D eigenvalue weighted by Crippen LogP contribution is -3.19. The Kier molecular flexibility index (Phi) is 5.70. The molecule has 1 atom stereocenters. The molecule has 1 aromatic carbocycles. The van der Waals surface area contributed by atoms with Gasteiger partial charge in [-0.05, 0) is 25.1 Å². The number of piperazine rings is 1. The van der Waals surface area contributed by atoms with E-state index in [0.717, 1.165) is 4.90 Å². The van der Waals surface area contributed by atoms with Crippen molar-refractivity contribution in [2.24, 2.45) is 0 Å². The smallest absolute Gasteiger partial charge is 0.410 e. The second kappa shape index (κ2) is 7.82. The lowest BCUT2D eigenvalue weighted by molar-refractivity contribution is -0.918. The molecule has 3 amide bonds. The van der Waals surface area contributed by atoms with Gasteiger partial charge in [0, 0.05) is 0 Å². The minimum atomic E-state index is -0.443. The molecule has 1 aromatic rings. The average Bonchev–Trinajstić information content (AvgIpc) is 2.92. The second-order valence-electron chi connectivity index (χ2n) is 6.27. The summed E-state index contributed by atoms with van der Waals surface area (Å²) in [7, 11) is 0. The predicted molar refractivity (Wildman–Crippen MR) is 96.7 cm³/mol. The third-order valence-electron chi connectivity index (χ3n) is 4.73. The lowest BCUT2D eigenvalue weighted by atomic mass is 10.2. The van der Waals surface area contributed by atoms with Crippen LogP contribution in [0.2, 0.25) is 10.0 Å². The molecule has 0 saturated carbocycles. The molecule has 3 rings (SSSR count). The number of ether oxygens (including phenoxy) is 1. The molecule has 140 valence electrons. The number of quaternary nitrogens is 1. The zero-order chi connectivity index (χ0) is 18.8. The highest BCUT2D eigenvalue weighted by atomic mass is 35.5. The third kappa shape index (κ3) is 3.65. The van der Waals surface area contributed by atoms with Crippen LogP contribution in [-0.2, 0) is 14.3 Å². The van der Waals surface area contributed by atoms with E-state index in [-0.39, 0.29) is 24.3 Å². The normalized spacial score (nSPS) is 21.4. The van der Waals surface area contributed by atoms with Crippen LogP contribution in [0.5, 0.6) is 0 Å². The van der Waals surface area contributed by atoms with E-state index in [0.29, 0.717) is 48.5 Å². The van der Waals surface area contributed by atoms with Crippen molar-refractivity contribution < 1.29 is 24.0 Å². The Morgan fingerprint density at radius 1 is 1.23 bits per heavy atom. The van der Waals surface area contributed by atoms with Crippen LogP contribution < -0.4 is 9.80 Å². The molecular formula is C17H20Cl2N3O4+. The quantitative estimate of drug-likeness (QED) is 0.767. The topological polar surface area (TPSA) is 71.4 Å². The van der Waals surface area contributed by atoms with E-state index in [4.69, 9.17) is 27.9 Å². The van der Waals surface area contributed by atoms with Gasteiger partial charge in [-0.15, -0.1) is 0 Å². The summed E-state index contributed by atoms with van der Waals surface area (Å²) in [6, 6.07) is 4.26. The standard InChI is InChI=1S/C17H19Cl2N3O4/c1-2-26-17(25)21-7-5-20(6-8-21)14-10-15(23)22(16(14)24)11-3-4-12(18)13(19)9-11/h3-4,9,14H,2,5-8,10H2,1H3/p+1/t14-/m0/s1. The van der Waals surface area contributed by atoms with Crippen molar-refractivity contribution >= 4 is 46.8 Å². The van der Waals surface area contributed by atoms with Crippen LogP contribution in [-0.4, -0.2) is 61.6 Å². The number of imide groups is 1. The van der Waals surface area contributed by atoms with Crippen LogP contribution in [0.1, 0.15) is 13.3 Å². The first kappa shape index (κ1) is 18.9. The number of nitrogens with one attached hydrogen (secondary N) is 1. The van der Waals surface area contributed by atoms with E-state index in [1.54, 1.807) is 24.0 Å². The van der Waals surface area contributed by atoms with E-state index in [1.165, 1.54) is 11.0 Å². The molecule has 2 heterocycles. The molecule has 9 heteroatoms. The number of benzene rings is 1. The van der Waals surface area contributed by atoms with Crippen molar-refractivity contribution in [3.8, 4) is 0 Å². The summed E-state index contributed by atoms with van der Waals surface area (Å²) in [5.41, 5.74) is 0.432. The largest absolute Gasteiger partial charge is 0.450 e. The maximum atomic E-state index is 12.8. The Hall–Kier alpha value is -1.83. The van der Waals surface area contributed by atoms with Gasteiger partial charge < -0.3 is 9.64 Å². The van der Waals surface area contributed by atoms with Crippen molar-refractivity contribution in [1.82, 2.24) is 4.90 Å². The van der Waals surface area contributed by atoms with E-state index >= 15 is 0 Å². The average molecular weight is 401 g/mol. The fourth-order valence-electron chi connectivity index (χ4n) is 3.39. The summed E-state index contributed by atoms with van der Waals surface area (Å²) in [5, 5.41) is 0.662. The highest BCUT2D eigenvalue weighted by Crippen LogP contribution is 2.29. The van der Waals surface area contributed by atoms with Crippen LogP contribution in [0.25, 0.3) is 0 Å². The van der Waals surface area contributed by atoms with E-state index in [2.05, 4.69) is 0 Å². The first-order chi connectivity index (χ1) is 12.4. The highest BCUT2D eigenvalue weighted by Gasteiger charge is 2.46. The van der Waals surface area contributed by atoms with Gasteiger partial charge >= 0.3 is 6.09 Å². The number of carbonyl (C=O) groups is 3. The number of nitrogens with zero attached hydrogens (tertiary/aromatic N) is 2. The van der Waals surface area contributed by atoms with Gasteiger partial charge in [-0.3, -0.25) is 14.5 Å². The van der Waals surface area contributed by atoms with Crippen molar-refractivity contribution in [1.29, 1.82) is 0 Å². The molecule has 0 radical (unpaired) electrons. The number of anilines is 1. The van der Waals surface area contributed by atoms with Crippen molar-refractivity contribution in [2.45, 2.75) is 19.4 Å². The van der Waals surface area contributed by atoms with Gasteiger partial charge in [0.2, 0.25) is 5.91 Å². The molecule has 0 unspecified atom stereocenters. The molecule has 2 saturated heterocycles. The molecule has 1 N–H and O–H groups in total. The van der Waals surface area contributed by atoms with E-state index in [9.17, 15) is 14.4 Å². The number of halogens is 2. The molecule has 2 aliphatic heterocycles. The fourth-order valence-corrected chi connectivity index (χ4v) is 3.68. The summed E-state index contributed by atoms with van der Waals surface area (Å²) in [6.45, 7) is 4.28. The van der Waals surface area contributed by atoms with Gasteiger partial charge in [0.05, 0.1) is 54.9 Å². The molecule has 26 heavy (non-hydrogen) atoms. The number of rotatable bonds is 3. The molecule has 2 fully saturated rings. The minimum absolute atomic E-state index is 0.147. The van der Waals surface area contributed by atoms with Crippen molar-refractivity contribution in [3.63, 3.8) is 0 Å². The third-order valence-corrected chi connectivity index (χ3v) is 5.47. The Balaban J connectivity index is 1.68. The van der Waals surface area contributed by atoms with Gasteiger partial charge in [-0.1, -0.05) is 23.2 Å². The van der Waals surface area contributed by atoms with Crippen LogP contribution in [0, 0.1) is 0 Å². The summed E-state index contributed by atoms with van der Waals surface area (Å²) < 4.78 is 5.00. The molecule has 0 bridgehead atoms. The van der Waals surface area contributed by atoms with Gasteiger partial charge in [0.15, 0.2) is 6.04 Å². The summed E-state index contributed by atoms with van der Waals surface area (Å²) >= 11 is 11.9. The summed E-state index contributed by atoms with van der Waals surface area (Å²) in [5.74, 6) is -0.494. The Bertz CT molecular complexity index is 735. The highest BCUT2D eigenvalue weighted by molar-refractivity contribution is 6.42. The molecule has 0 aliphatic carbocycles. The Morgan fingerprint density at radius 2 is 1.92 bits per heavy atom. The second-order valence-corrected chi connectivity index (χ2v) is 7.08. The molecule has 7 nitrogen and oxygen atoms in total. The fraction of sp³-hybridized carbons (Fsp3) is 0.471. The van der Waals surface area contributed by atoms with Crippen molar-refractivity contribution in [2.75, 3.05) is 37.7 Å². The first-order valence-corrected chi connectivity index (χ1v) is 9.26. The molecule has 0 aromatic heterocycles. The lowest BCUT2D eigenvalue weighted by Gasteiger charge is -2.33. The maximum Gasteiger partial charge on any atom is 0.410 e. The number of hydrogen-bond acceptors (Lipinski definition) is 4. The predicted octanol–water partition coefficient (Wildman–Crippen LogP) is 0.982. The van der Waals surface area contributed by atoms with Crippen LogP contribution in [0.3, 0.4) is 0 Å².